The average Bonchev–Trinajstić information content (AvgIpc) is 3.64. The lowest BCUT2D eigenvalue weighted by molar-refractivity contribution is -0.148. The highest BCUT2D eigenvalue weighted by Gasteiger charge is 2.38. The number of esters is 1. The van der Waals surface area contributed by atoms with Crippen molar-refractivity contribution in [3.05, 3.63) is 97.6 Å². The predicted molar refractivity (Wildman–Crippen MR) is 237 cm³/mol. The summed E-state index contributed by atoms with van der Waals surface area (Å²) in [4.78, 5) is 108. The Morgan fingerprint density at radius 1 is 0.909 bits per heavy atom. The van der Waals surface area contributed by atoms with Gasteiger partial charge in [0.1, 0.15) is 30.6 Å². The van der Waals surface area contributed by atoms with E-state index >= 15 is 4.39 Å². The molecule has 6 N–H and O–H groups in total. The average molecular weight is 909 g/mol. The summed E-state index contributed by atoms with van der Waals surface area (Å²) in [5.74, 6) is -4.41. The first-order valence-electron chi connectivity index (χ1n) is 21.9. The summed E-state index contributed by atoms with van der Waals surface area (Å²) in [7, 11) is 0. The fourth-order valence-electron chi connectivity index (χ4n) is 8.67. The quantitative estimate of drug-likeness (QED) is 0.0834. The topological polar surface area (TPSA) is 245 Å². The van der Waals surface area contributed by atoms with Gasteiger partial charge in [0.25, 0.3) is 5.56 Å². The van der Waals surface area contributed by atoms with Crippen molar-refractivity contribution >= 4 is 52.5 Å². The molecule has 66 heavy (non-hydrogen) atoms. The molecule has 4 heterocycles. The molecule has 0 unspecified atom stereocenters. The number of ether oxygens (including phenoxy) is 2. The fourth-order valence-corrected chi connectivity index (χ4v) is 8.67. The Labute approximate surface area is 379 Å². The minimum atomic E-state index is -1.12. The zero-order valence-electron chi connectivity index (χ0n) is 37.4. The molecular weight excluding hydrogens is 856 g/mol. The van der Waals surface area contributed by atoms with Gasteiger partial charge in [-0.1, -0.05) is 37.3 Å². The Balaban J connectivity index is 0.963. The maximum atomic E-state index is 15.3. The van der Waals surface area contributed by atoms with Crippen LogP contribution in [0.15, 0.2) is 47.3 Å². The number of halogens is 1. The molecule has 3 aliphatic rings. The number of pyridine rings is 2. The van der Waals surface area contributed by atoms with Crippen molar-refractivity contribution in [1.82, 2.24) is 41.5 Å². The first-order chi connectivity index (χ1) is 31.4. The van der Waals surface area contributed by atoms with Gasteiger partial charge in [-0.05, 0) is 80.8 Å². The molecule has 4 aromatic rings. The summed E-state index contributed by atoms with van der Waals surface area (Å²) < 4.78 is 27.4. The Morgan fingerprint density at radius 2 is 1.62 bits per heavy atom. The number of aromatic nitrogens is 2. The molecule has 2 aliphatic heterocycles. The second-order valence-electron chi connectivity index (χ2n) is 17.6. The Kier molecular flexibility index (Phi) is 13.8. The summed E-state index contributed by atoms with van der Waals surface area (Å²) >= 11 is 0. The first-order valence-corrected chi connectivity index (χ1v) is 21.9. The van der Waals surface area contributed by atoms with Crippen molar-refractivity contribution in [2.75, 3.05) is 26.2 Å². The first kappa shape index (κ1) is 46.8. The van der Waals surface area contributed by atoms with Crippen LogP contribution in [0.25, 0.3) is 22.3 Å². The molecule has 1 aliphatic carbocycles. The van der Waals surface area contributed by atoms with Gasteiger partial charge < -0.3 is 45.9 Å². The van der Waals surface area contributed by atoms with Crippen LogP contribution in [0.5, 0.6) is 0 Å². The summed E-state index contributed by atoms with van der Waals surface area (Å²) in [6.45, 7) is 7.11. The van der Waals surface area contributed by atoms with E-state index in [2.05, 4.69) is 31.9 Å². The second kappa shape index (κ2) is 19.5. The number of amides is 6. The van der Waals surface area contributed by atoms with Crippen molar-refractivity contribution in [3.63, 3.8) is 0 Å². The number of cyclic esters (lactones) is 1. The van der Waals surface area contributed by atoms with Gasteiger partial charge in [0, 0.05) is 36.4 Å². The molecule has 348 valence electrons. The molecule has 7 rings (SSSR count). The van der Waals surface area contributed by atoms with Crippen LogP contribution in [0.4, 0.5) is 9.18 Å². The molecule has 0 spiro atoms. The molecule has 18 nitrogen and oxygen atoms in total. The number of hydrogen-bond acceptors (Lipinski definition) is 11. The summed E-state index contributed by atoms with van der Waals surface area (Å²) in [5, 5.41) is 16.2. The highest BCUT2D eigenvalue weighted by Crippen LogP contribution is 2.45. The van der Waals surface area contributed by atoms with E-state index in [1.54, 1.807) is 62.6 Å². The number of rotatable bonds is 15. The van der Waals surface area contributed by atoms with Crippen molar-refractivity contribution in [2.45, 2.75) is 103 Å². The molecule has 19 heteroatoms. The summed E-state index contributed by atoms with van der Waals surface area (Å²) in [6, 6.07) is 10.4. The van der Waals surface area contributed by atoms with Gasteiger partial charge in [0.15, 0.2) is 0 Å². The van der Waals surface area contributed by atoms with Gasteiger partial charge in [-0.3, -0.25) is 33.6 Å². The Hall–Kier alpha value is -7.18. The van der Waals surface area contributed by atoms with E-state index in [1.807, 2.05) is 13.0 Å². The summed E-state index contributed by atoms with van der Waals surface area (Å²) in [5.41, 5.74) is 4.79. The molecule has 2 aromatic carbocycles. The van der Waals surface area contributed by atoms with Crippen LogP contribution in [0.1, 0.15) is 97.9 Å². The van der Waals surface area contributed by atoms with Crippen LogP contribution in [-0.4, -0.2) is 89.0 Å². The molecule has 0 saturated carbocycles. The van der Waals surface area contributed by atoms with Crippen LogP contribution < -0.4 is 37.5 Å². The fraction of sp³-hybridized carbons (Fsp3) is 0.426. The lowest BCUT2D eigenvalue weighted by Crippen LogP contribution is -2.52. The third-order valence-corrected chi connectivity index (χ3v) is 11.8. The predicted octanol–water partition coefficient (Wildman–Crippen LogP) is 2.52. The number of fused-ring (bicyclic) bond motifs is 5. The highest BCUT2D eigenvalue weighted by molar-refractivity contribution is 5.95. The number of nitrogens with zero attached hydrogens (tertiary/aromatic N) is 2. The molecule has 3 atom stereocenters. The van der Waals surface area contributed by atoms with Crippen LogP contribution in [-0.2, 0) is 64.2 Å². The molecule has 0 bridgehead atoms. The van der Waals surface area contributed by atoms with Crippen LogP contribution >= 0.6 is 0 Å². The van der Waals surface area contributed by atoms with E-state index in [0.717, 1.165) is 27.6 Å². The van der Waals surface area contributed by atoms with Crippen LogP contribution in [0, 0.1) is 12.7 Å². The lowest BCUT2D eigenvalue weighted by Gasteiger charge is -2.30. The van der Waals surface area contributed by atoms with E-state index in [9.17, 15) is 38.4 Å². The standard InChI is InChI=1S/C47H53FN8O10/c1-6-26-28-17-35-42-29(22-56(35)44(62)30(28)23-65-45(26)63)41-32(13-12-27-24(2)31(48)18-33(55-42)40(27)41)53-36(57)14-15-49-37(58)19-51-43(61)34(16-25-10-8-7-9-11-25)54-39(60)21-50-38(59)20-52-46(64)66-47(3,4)5/h7-11,17-18,26,32,34H,6,12-16,19-23H2,1-5H3,(H,49,58)(H,50,59)(H,51,61)(H,52,64)(H,53,57)(H,54,60)/t26-,32+,34+/m1/s1. The molecule has 0 saturated heterocycles. The van der Waals surface area contributed by atoms with Gasteiger partial charge in [0.2, 0.25) is 29.5 Å². The Morgan fingerprint density at radius 3 is 2.35 bits per heavy atom. The van der Waals surface area contributed by atoms with Crippen molar-refractivity contribution in [1.29, 1.82) is 0 Å². The van der Waals surface area contributed by atoms with E-state index in [-0.39, 0.29) is 44.0 Å². The minimum Gasteiger partial charge on any atom is -0.460 e. The minimum absolute atomic E-state index is 0.0711. The maximum Gasteiger partial charge on any atom is 0.408 e. The molecule has 6 amide bonds. The highest BCUT2D eigenvalue weighted by atomic mass is 19.1. The van der Waals surface area contributed by atoms with Gasteiger partial charge in [0.05, 0.1) is 54.1 Å². The number of nitrogens with one attached hydrogen (secondary N) is 6. The SMILES string of the molecule is CC[C@H]1C(=O)OCc2c1cc1n(c2=O)Cc2c-1nc1cc(F)c(C)c3c1c2[C@@H](NC(=O)CCNC(=O)CNC(=O)[C@H](Cc1ccccc1)NC(=O)CNC(=O)CNC(=O)OC(C)(C)C)CC3. The number of alkyl carbamates (subject to hydrolysis) is 1. The van der Waals surface area contributed by atoms with E-state index in [0.29, 0.717) is 52.9 Å². The number of hydrogen-bond donors (Lipinski definition) is 6. The van der Waals surface area contributed by atoms with Crippen molar-refractivity contribution < 1.29 is 47.4 Å². The third-order valence-electron chi connectivity index (χ3n) is 11.8. The van der Waals surface area contributed by atoms with E-state index < -0.39 is 84.7 Å². The normalized spacial score (nSPS) is 16.1. The largest absolute Gasteiger partial charge is 0.460 e. The van der Waals surface area contributed by atoms with E-state index in [4.69, 9.17) is 14.5 Å². The second-order valence-corrected chi connectivity index (χ2v) is 17.6. The van der Waals surface area contributed by atoms with Gasteiger partial charge in [-0.15, -0.1) is 0 Å². The molecular formula is C47H53FN8O10. The van der Waals surface area contributed by atoms with Crippen molar-refractivity contribution in [3.8, 4) is 11.4 Å². The Bertz CT molecular complexity index is 2700. The zero-order valence-corrected chi connectivity index (χ0v) is 37.4. The molecule has 0 radical (unpaired) electrons. The third kappa shape index (κ3) is 10.3. The molecule has 2 aromatic heterocycles. The van der Waals surface area contributed by atoms with Crippen molar-refractivity contribution in [2.24, 2.45) is 0 Å². The van der Waals surface area contributed by atoms with E-state index in [1.165, 1.54) is 6.07 Å². The van der Waals surface area contributed by atoms with Crippen LogP contribution in [0.2, 0.25) is 0 Å². The van der Waals surface area contributed by atoms with Gasteiger partial charge in [-0.2, -0.15) is 0 Å². The smallest absolute Gasteiger partial charge is 0.408 e. The summed E-state index contributed by atoms with van der Waals surface area (Å²) in [6.07, 6.45) is 0.486. The van der Waals surface area contributed by atoms with Gasteiger partial charge in [-0.25, -0.2) is 14.2 Å². The number of carbonyl (C=O) groups is 7. The lowest BCUT2D eigenvalue weighted by atomic mass is 9.81. The zero-order chi connectivity index (χ0) is 47.4. The number of carbonyl (C=O) groups excluding carboxylic acids is 7. The van der Waals surface area contributed by atoms with Gasteiger partial charge >= 0.3 is 12.1 Å². The number of aryl methyl sites for hydroxylation is 1. The molecule has 0 fully saturated rings. The monoisotopic (exact) mass is 908 g/mol. The number of benzene rings is 2. The maximum absolute atomic E-state index is 15.3. The van der Waals surface area contributed by atoms with Crippen LogP contribution in [0.3, 0.4) is 0 Å².